The lowest BCUT2D eigenvalue weighted by Crippen LogP contribution is -2.16. The van der Waals surface area contributed by atoms with E-state index in [1.165, 1.54) is 36.0 Å². The summed E-state index contributed by atoms with van der Waals surface area (Å²) in [6.07, 6.45) is 3.86. The van der Waals surface area contributed by atoms with Gasteiger partial charge in [-0.25, -0.2) is 0 Å². The second-order valence-corrected chi connectivity index (χ2v) is 5.51. The molecule has 1 N–H and O–H groups in total. The molecule has 0 saturated heterocycles. The van der Waals surface area contributed by atoms with Gasteiger partial charge in [0.2, 0.25) is 0 Å². The first-order valence-electron chi connectivity index (χ1n) is 6.79. The Labute approximate surface area is 107 Å². The summed E-state index contributed by atoms with van der Waals surface area (Å²) in [4.78, 5) is 0. The number of rotatable bonds is 6. The lowest BCUT2D eigenvalue weighted by Gasteiger charge is -2.18. The van der Waals surface area contributed by atoms with Crippen molar-refractivity contribution >= 4 is 0 Å². The molecule has 0 aliphatic rings. The second-order valence-electron chi connectivity index (χ2n) is 5.51. The van der Waals surface area contributed by atoms with Gasteiger partial charge in [-0.2, -0.15) is 0 Å². The normalized spacial score (nSPS) is 13.1. The van der Waals surface area contributed by atoms with Gasteiger partial charge in [-0.15, -0.1) is 0 Å². The maximum absolute atomic E-state index is 3.44. The van der Waals surface area contributed by atoms with E-state index in [9.17, 15) is 0 Å². The highest BCUT2D eigenvalue weighted by Gasteiger charge is 2.09. The van der Waals surface area contributed by atoms with Crippen LogP contribution >= 0.6 is 0 Å². The van der Waals surface area contributed by atoms with Gasteiger partial charge in [0.15, 0.2) is 0 Å². The van der Waals surface area contributed by atoms with Gasteiger partial charge >= 0.3 is 0 Å². The van der Waals surface area contributed by atoms with E-state index in [0.29, 0.717) is 6.04 Å². The van der Waals surface area contributed by atoms with Gasteiger partial charge in [0.25, 0.3) is 0 Å². The molecule has 0 aliphatic carbocycles. The predicted molar refractivity (Wildman–Crippen MR) is 76.4 cm³/mol. The van der Waals surface area contributed by atoms with Crippen LogP contribution in [0.25, 0.3) is 0 Å². The SMILES string of the molecule is CNC(CCCC(C)C)c1ccc(C)c(C)c1. The van der Waals surface area contributed by atoms with Gasteiger partial charge in [0, 0.05) is 6.04 Å². The number of benzene rings is 1. The van der Waals surface area contributed by atoms with Crippen LogP contribution in [-0.4, -0.2) is 7.05 Å². The molecule has 0 heterocycles. The maximum Gasteiger partial charge on any atom is 0.0317 e. The minimum absolute atomic E-state index is 0.507. The minimum Gasteiger partial charge on any atom is -0.313 e. The zero-order valence-electron chi connectivity index (χ0n) is 12.0. The molecule has 0 amide bonds. The van der Waals surface area contributed by atoms with Crippen LogP contribution in [0.5, 0.6) is 0 Å². The number of hydrogen-bond donors (Lipinski definition) is 1. The summed E-state index contributed by atoms with van der Waals surface area (Å²) in [6, 6.07) is 7.33. The van der Waals surface area contributed by atoms with E-state index >= 15 is 0 Å². The molecule has 0 aliphatic heterocycles. The standard InChI is InChI=1S/C16H27N/c1-12(2)7-6-8-16(17-5)15-10-9-13(3)14(4)11-15/h9-12,16-17H,6-8H2,1-5H3. The Bertz CT molecular complexity index is 341. The van der Waals surface area contributed by atoms with Gasteiger partial charge in [-0.3, -0.25) is 0 Å². The lowest BCUT2D eigenvalue weighted by atomic mass is 9.96. The van der Waals surface area contributed by atoms with Gasteiger partial charge in [-0.1, -0.05) is 44.9 Å². The van der Waals surface area contributed by atoms with Crippen molar-refractivity contribution in [3.05, 3.63) is 34.9 Å². The van der Waals surface area contributed by atoms with Crippen LogP contribution in [0, 0.1) is 19.8 Å². The molecule has 17 heavy (non-hydrogen) atoms. The summed E-state index contributed by atoms with van der Waals surface area (Å²) in [5, 5.41) is 3.44. The Morgan fingerprint density at radius 1 is 1.06 bits per heavy atom. The molecule has 1 unspecified atom stereocenters. The Hall–Kier alpha value is -0.820. The van der Waals surface area contributed by atoms with E-state index in [1.54, 1.807) is 0 Å². The summed E-state index contributed by atoms with van der Waals surface area (Å²) >= 11 is 0. The van der Waals surface area contributed by atoms with E-state index in [-0.39, 0.29) is 0 Å². The molecule has 0 saturated carbocycles. The Kier molecular flexibility index (Phi) is 5.70. The number of nitrogens with one attached hydrogen (secondary N) is 1. The minimum atomic E-state index is 0.507. The van der Waals surface area contributed by atoms with Gasteiger partial charge in [0.1, 0.15) is 0 Å². The first-order valence-corrected chi connectivity index (χ1v) is 6.79. The molecule has 96 valence electrons. The Morgan fingerprint density at radius 2 is 1.76 bits per heavy atom. The molecule has 1 nitrogen and oxygen atoms in total. The summed E-state index contributed by atoms with van der Waals surface area (Å²) in [5.74, 6) is 0.812. The Morgan fingerprint density at radius 3 is 2.29 bits per heavy atom. The fraction of sp³-hybridized carbons (Fsp3) is 0.625. The monoisotopic (exact) mass is 233 g/mol. The molecule has 0 bridgehead atoms. The predicted octanol–water partition coefficient (Wildman–Crippen LogP) is 4.39. The number of aryl methyl sites for hydroxylation is 2. The first kappa shape index (κ1) is 14.2. The van der Waals surface area contributed by atoms with Crippen LogP contribution < -0.4 is 5.32 Å². The first-order chi connectivity index (χ1) is 8.04. The van der Waals surface area contributed by atoms with Gasteiger partial charge in [0.05, 0.1) is 0 Å². The lowest BCUT2D eigenvalue weighted by molar-refractivity contribution is 0.470. The molecule has 1 atom stereocenters. The van der Waals surface area contributed by atoms with Crippen LogP contribution in [0.15, 0.2) is 18.2 Å². The highest BCUT2D eigenvalue weighted by Crippen LogP contribution is 2.22. The Balaban J connectivity index is 2.62. The second kappa shape index (κ2) is 6.80. The van der Waals surface area contributed by atoms with Crippen molar-refractivity contribution in [3.63, 3.8) is 0 Å². The van der Waals surface area contributed by atoms with Crippen molar-refractivity contribution in [3.8, 4) is 0 Å². The smallest absolute Gasteiger partial charge is 0.0317 e. The van der Waals surface area contributed by atoms with Gasteiger partial charge in [-0.05, 0) is 49.9 Å². The maximum atomic E-state index is 3.44. The highest BCUT2D eigenvalue weighted by molar-refractivity contribution is 5.31. The van der Waals surface area contributed by atoms with Crippen molar-refractivity contribution in [2.45, 2.75) is 53.0 Å². The summed E-state index contributed by atoms with van der Waals surface area (Å²) in [6.45, 7) is 8.96. The summed E-state index contributed by atoms with van der Waals surface area (Å²) in [5.41, 5.74) is 4.21. The zero-order chi connectivity index (χ0) is 12.8. The molecule has 0 aromatic heterocycles. The molecule has 1 heteroatoms. The van der Waals surface area contributed by atoms with Crippen LogP contribution in [-0.2, 0) is 0 Å². The van der Waals surface area contributed by atoms with Crippen molar-refractivity contribution in [2.24, 2.45) is 5.92 Å². The fourth-order valence-corrected chi connectivity index (χ4v) is 2.19. The summed E-state index contributed by atoms with van der Waals surface area (Å²) < 4.78 is 0. The van der Waals surface area contributed by atoms with E-state index in [2.05, 4.69) is 58.3 Å². The molecular weight excluding hydrogens is 206 g/mol. The average molecular weight is 233 g/mol. The van der Waals surface area contributed by atoms with E-state index in [0.717, 1.165) is 5.92 Å². The van der Waals surface area contributed by atoms with Gasteiger partial charge < -0.3 is 5.32 Å². The highest BCUT2D eigenvalue weighted by atomic mass is 14.9. The number of hydrogen-bond acceptors (Lipinski definition) is 1. The van der Waals surface area contributed by atoms with Crippen molar-refractivity contribution in [2.75, 3.05) is 7.05 Å². The molecule has 0 spiro atoms. The molecular formula is C16H27N. The van der Waals surface area contributed by atoms with Crippen molar-refractivity contribution in [1.29, 1.82) is 0 Å². The molecule has 1 rings (SSSR count). The third-order valence-electron chi connectivity index (χ3n) is 3.56. The summed E-state index contributed by atoms with van der Waals surface area (Å²) in [7, 11) is 2.06. The van der Waals surface area contributed by atoms with Crippen LogP contribution in [0.1, 0.15) is 55.8 Å². The largest absolute Gasteiger partial charge is 0.313 e. The average Bonchev–Trinajstić information content (AvgIpc) is 2.28. The van der Waals surface area contributed by atoms with Crippen LogP contribution in [0.3, 0.4) is 0 Å². The third-order valence-corrected chi connectivity index (χ3v) is 3.56. The molecule has 1 aromatic rings. The van der Waals surface area contributed by atoms with Crippen LogP contribution in [0.4, 0.5) is 0 Å². The molecule has 0 radical (unpaired) electrons. The quantitative estimate of drug-likeness (QED) is 0.768. The van der Waals surface area contributed by atoms with E-state index < -0.39 is 0 Å². The van der Waals surface area contributed by atoms with Crippen molar-refractivity contribution < 1.29 is 0 Å². The van der Waals surface area contributed by atoms with E-state index in [1.807, 2.05) is 0 Å². The zero-order valence-corrected chi connectivity index (χ0v) is 12.0. The third kappa shape index (κ3) is 4.51. The fourth-order valence-electron chi connectivity index (χ4n) is 2.19. The topological polar surface area (TPSA) is 12.0 Å². The molecule has 1 aromatic carbocycles. The van der Waals surface area contributed by atoms with E-state index in [4.69, 9.17) is 0 Å². The van der Waals surface area contributed by atoms with Crippen molar-refractivity contribution in [1.82, 2.24) is 5.32 Å². The molecule has 0 fully saturated rings. The van der Waals surface area contributed by atoms with Crippen LogP contribution in [0.2, 0.25) is 0 Å².